The summed E-state index contributed by atoms with van der Waals surface area (Å²) in [6.45, 7) is 2.67. The normalized spacial score (nSPS) is 10.8. The van der Waals surface area contributed by atoms with Gasteiger partial charge in [0.15, 0.2) is 0 Å². The van der Waals surface area contributed by atoms with Crippen LogP contribution in [0.25, 0.3) is 0 Å². The summed E-state index contributed by atoms with van der Waals surface area (Å²) in [6.07, 6.45) is 6.53. The average molecular weight is 386 g/mol. The van der Waals surface area contributed by atoms with E-state index in [2.05, 4.69) is 31.8 Å². The van der Waals surface area contributed by atoms with Gasteiger partial charge in [-0.2, -0.15) is 15.3 Å². The molecule has 28 heavy (non-hydrogen) atoms. The maximum absolute atomic E-state index is 12.4. The molecule has 0 aliphatic rings. The van der Waals surface area contributed by atoms with Crippen molar-refractivity contribution in [3.8, 4) is 6.07 Å². The molecule has 146 valence electrons. The largest absolute Gasteiger partial charge is 0.366 e. The van der Waals surface area contributed by atoms with Gasteiger partial charge in [-0.1, -0.05) is 0 Å². The number of nitrogens with zero attached hydrogens (tertiary/aromatic N) is 6. The van der Waals surface area contributed by atoms with Crippen molar-refractivity contribution in [1.29, 1.82) is 5.26 Å². The molecule has 0 radical (unpaired) electrons. The standard InChI is InChI=1S/C18H20F2N8/c1-13-7-23-18(25-15-9-24-28(11-15)12-16(19)20)26-17(13)22-8-14-3-6-27(10-14)5-2-4-21/h3,6-7,9-11,16H,2,5,8,12H2,1H3,(H2,22,23,25,26). The Morgan fingerprint density at radius 1 is 1.29 bits per heavy atom. The molecule has 0 saturated heterocycles. The smallest absolute Gasteiger partial charge is 0.257 e. The van der Waals surface area contributed by atoms with Crippen LogP contribution in [0.2, 0.25) is 0 Å². The van der Waals surface area contributed by atoms with E-state index in [0.29, 0.717) is 37.0 Å². The molecule has 0 bridgehead atoms. The molecule has 0 spiro atoms. The van der Waals surface area contributed by atoms with Crippen LogP contribution in [0.3, 0.4) is 0 Å². The number of nitrogens with one attached hydrogen (secondary N) is 2. The van der Waals surface area contributed by atoms with Gasteiger partial charge in [0.2, 0.25) is 5.95 Å². The second-order valence-electron chi connectivity index (χ2n) is 6.21. The van der Waals surface area contributed by atoms with Gasteiger partial charge >= 0.3 is 0 Å². The van der Waals surface area contributed by atoms with Crippen LogP contribution in [0.5, 0.6) is 0 Å². The first-order valence-corrected chi connectivity index (χ1v) is 8.70. The van der Waals surface area contributed by atoms with E-state index in [1.54, 1.807) is 6.20 Å². The minimum Gasteiger partial charge on any atom is -0.366 e. The van der Waals surface area contributed by atoms with E-state index in [1.165, 1.54) is 12.4 Å². The summed E-state index contributed by atoms with van der Waals surface area (Å²) in [5.41, 5.74) is 2.48. The average Bonchev–Trinajstić information content (AvgIpc) is 3.29. The number of aromatic nitrogens is 5. The van der Waals surface area contributed by atoms with Crippen LogP contribution in [0.4, 0.5) is 26.2 Å². The van der Waals surface area contributed by atoms with E-state index in [9.17, 15) is 8.78 Å². The molecule has 0 amide bonds. The zero-order valence-corrected chi connectivity index (χ0v) is 15.3. The van der Waals surface area contributed by atoms with Crippen molar-refractivity contribution in [2.24, 2.45) is 0 Å². The maximum Gasteiger partial charge on any atom is 0.257 e. The second-order valence-corrected chi connectivity index (χ2v) is 6.21. The highest BCUT2D eigenvalue weighted by atomic mass is 19.3. The van der Waals surface area contributed by atoms with Crippen LogP contribution < -0.4 is 10.6 Å². The Hall–Kier alpha value is -3.48. The van der Waals surface area contributed by atoms with Gasteiger partial charge in [0.05, 0.1) is 24.4 Å². The Labute approximate surface area is 160 Å². The lowest BCUT2D eigenvalue weighted by atomic mass is 10.3. The third kappa shape index (κ3) is 5.26. The van der Waals surface area contributed by atoms with E-state index in [0.717, 1.165) is 15.8 Å². The third-order valence-corrected chi connectivity index (χ3v) is 3.94. The zero-order chi connectivity index (χ0) is 19.9. The molecule has 0 saturated carbocycles. The number of nitriles is 1. The van der Waals surface area contributed by atoms with Crippen molar-refractivity contribution in [1.82, 2.24) is 24.3 Å². The highest BCUT2D eigenvalue weighted by molar-refractivity contribution is 5.54. The summed E-state index contributed by atoms with van der Waals surface area (Å²) < 4.78 is 28.0. The molecule has 2 N–H and O–H groups in total. The molecule has 0 fully saturated rings. The van der Waals surface area contributed by atoms with Gasteiger partial charge < -0.3 is 15.2 Å². The fourth-order valence-corrected chi connectivity index (χ4v) is 2.58. The van der Waals surface area contributed by atoms with Crippen LogP contribution in [-0.4, -0.2) is 30.7 Å². The van der Waals surface area contributed by atoms with Crippen molar-refractivity contribution in [2.75, 3.05) is 10.6 Å². The highest BCUT2D eigenvalue weighted by Crippen LogP contribution is 2.18. The summed E-state index contributed by atoms with van der Waals surface area (Å²) in [7, 11) is 0. The van der Waals surface area contributed by atoms with Gasteiger partial charge in [-0.3, -0.25) is 4.68 Å². The predicted octanol–water partition coefficient (Wildman–Crippen LogP) is 3.32. The van der Waals surface area contributed by atoms with E-state index in [1.807, 2.05) is 30.0 Å². The Morgan fingerprint density at radius 2 is 2.14 bits per heavy atom. The molecule has 0 aliphatic carbocycles. The summed E-state index contributed by atoms with van der Waals surface area (Å²) in [4.78, 5) is 8.66. The molecule has 0 aliphatic heterocycles. The molecule has 0 unspecified atom stereocenters. The molecule has 3 rings (SSSR count). The summed E-state index contributed by atoms with van der Waals surface area (Å²) in [5, 5.41) is 18.8. The molecule has 8 nitrogen and oxygen atoms in total. The van der Waals surface area contributed by atoms with Gasteiger partial charge in [-0.05, 0) is 18.6 Å². The van der Waals surface area contributed by atoms with Crippen LogP contribution in [-0.2, 0) is 19.6 Å². The molecule has 3 heterocycles. The topological polar surface area (TPSA) is 96.4 Å². The fraction of sp³-hybridized carbons (Fsp3) is 0.333. The molecule has 3 aromatic heterocycles. The minimum atomic E-state index is -2.46. The van der Waals surface area contributed by atoms with Crippen molar-refractivity contribution in [3.05, 3.63) is 48.2 Å². The third-order valence-electron chi connectivity index (χ3n) is 3.94. The maximum atomic E-state index is 12.4. The monoisotopic (exact) mass is 386 g/mol. The lowest BCUT2D eigenvalue weighted by Gasteiger charge is -2.09. The predicted molar refractivity (Wildman–Crippen MR) is 100 cm³/mol. The van der Waals surface area contributed by atoms with Gasteiger partial charge in [0, 0.05) is 43.4 Å². The number of aryl methyl sites for hydroxylation is 2. The number of alkyl halides is 2. The van der Waals surface area contributed by atoms with Gasteiger partial charge in [-0.15, -0.1) is 0 Å². The Bertz CT molecular complexity index is 957. The van der Waals surface area contributed by atoms with Crippen LogP contribution >= 0.6 is 0 Å². The molecule has 0 atom stereocenters. The summed E-state index contributed by atoms with van der Waals surface area (Å²) in [5.74, 6) is 1.01. The Balaban J connectivity index is 1.62. The van der Waals surface area contributed by atoms with E-state index in [-0.39, 0.29) is 0 Å². The van der Waals surface area contributed by atoms with Crippen molar-refractivity contribution in [2.45, 2.75) is 39.4 Å². The van der Waals surface area contributed by atoms with Crippen molar-refractivity contribution < 1.29 is 8.78 Å². The molecule has 10 heteroatoms. The lowest BCUT2D eigenvalue weighted by Crippen LogP contribution is -2.07. The first kappa shape index (κ1) is 19.3. The van der Waals surface area contributed by atoms with E-state index in [4.69, 9.17) is 5.26 Å². The van der Waals surface area contributed by atoms with E-state index < -0.39 is 13.0 Å². The van der Waals surface area contributed by atoms with E-state index >= 15 is 0 Å². The van der Waals surface area contributed by atoms with Crippen LogP contribution in [0, 0.1) is 18.3 Å². The number of halogens is 2. The number of anilines is 3. The SMILES string of the molecule is Cc1cnc(Nc2cnn(CC(F)F)c2)nc1NCc1ccn(CCC#N)c1. The summed E-state index contributed by atoms with van der Waals surface area (Å²) >= 11 is 0. The second kappa shape index (κ2) is 8.94. The van der Waals surface area contributed by atoms with Crippen LogP contribution in [0.1, 0.15) is 17.5 Å². The highest BCUT2D eigenvalue weighted by Gasteiger charge is 2.08. The van der Waals surface area contributed by atoms with Gasteiger partial charge in [-0.25, -0.2) is 13.8 Å². The molecule has 0 aromatic carbocycles. The zero-order valence-electron chi connectivity index (χ0n) is 15.3. The molecular formula is C18H20F2N8. The quantitative estimate of drug-likeness (QED) is 0.586. The lowest BCUT2D eigenvalue weighted by molar-refractivity contribution is 0.122. The fourth-order valence-electron chi connectivity index (χ4n) is 2.58. The molecular weight excluding hydrogens is 366 g/mol. The molecule has 3 aromatic rings. The minimum absolute atomic E-state index is 0.344. The number of hydrogen-bond acceptors (Lipinski definition) is 6. The first-order chi connectivity index (χ1) is 13.5. The number of rotatable bonds is 9. The van der Waals surface area contributed by atoms with Crippen LogP contribution in [0.15, 0.2) is 37.1 Å². The Morgan fingerprint density at radius 3 is 2.93 bits per heavy atom. The van der Waals surface area contributed by atoms with Gasteiger partial charge in [0.25, 0.3) is 6.43 Å². The van der Waals surface area contributed by atoms with Crippen molar-refractivity contribution >= 4 is 17.5 Å². The van der Waals surface area contributed by atoms with Gasteiger partial charge in [0.1, 0.15) is 12.4 Å². The summed E-state index contributed by atoms with van der Waals surface area (Å²) in [6, 6.07) is 4.11. The van der Waals surface area contributed by atoms with Crippen molar-refractivity contribution in [3.63, 3.8) is 0 Å². The Kier molecular flexibility index (Phi) is 6.16. The number of hydrogen-bond donors (Lipinski definition) is 2. The first-order valence-electron chi connectivity index (χ1n) is 8.70.